The van der Waals surface area contributed by atoms with E-state index in [4.69, 9.17) is 0 Å². The summed E-state index contributed by atoms with van der Waals surface area (Å²) in [5.41, 5.74) is 1.38. The van der Waals surface area contributed by atoms with Gasteiger partial charge in [0.05, 0.1) is 0 Å². The number of carbonyl (C=O) groups is 1. The Morgan fingerprint density at radius 3 is 2.79 bits per heavy atom. The van der Waals surface area contributed by atoms with Gasteiger partial charge < -0.3 is 15.5 Å². The molecule has 106 valence electrons. The van der Waals surface area contributed by atoms with Crippen molar-refractivity contribution in [3.63, 3.8) is 0 Å². The van der Waals surface area contributed by atoms with Gasteiger partial charge in [-0.3, -0.25) is 9.78 Å². The van der Waals surface area contributed by atoms with Crippen LogP contribution in [0.15, 0.2) is 18.3 Å². The molecular weight excluding hydrogens is 240 g/mol. The van der Waals surface area contributed by atoms with E-state index in [0.29, 0.717) is 18.2 Å². The zero-order chi connectivity index (χ0) is 14.3. The molecular formula is C14H24N4O. The van der Waals surface area contributed by atoms with Gasteiger partial charge in [0.15, 0.2) is 0 Å². The number of rotatable bonds is 7. The van der Waals surface area contributed by atoms with Gasteiger partial charge in [0.25, 0.3) is 5.91 Å². The number of nitrogens with zero attached hydrogens (tertiary/aromatic N) is 2. The summed E-state index contributed by atoms with van der Waals surface area (Å²) in [4.78, 5) is 18.0. The Kier molecular flexibility index (Phi) is 6.29. The van der Waals surface area contributed by atoms with Crippen LogP contribution in [-0.4, -0.2) is 49.5 Å². The van der Waals surface area contributed by atoms with Crippen molar-refractivity contribution in [2.24, 2.45) is 5.92 Å². The van der Waals surface area contributed by atoms with E-state index in [2.05, 4.69) is 29.5 Å². The molecule has 0 radical (unpaired) electrons. The van der Waals surface area contributed by atoms with E-state index in [9.17, 15) is 4.79 Å². The quantitative estimate of drug-likeness (QED) is 0.782. The van der Waals surface area contributed by atoms with E-state index in [1.807, 2.05) is 25.1 Å². The Hall–Kier alpha value is -1.62. The number of nitrogens with one attached hydrogen (secondary N) is 2. The van der Waals surface area contributed by atoms with Crippen LogP contribution in [0.3, 0.4) is 0 Å². The zero-order valence-electron chi connectivity index (χ0n) is 12.2. The Balaban J connectivity index is 2.52. The fourth-order valence-corrected chi connectivity index (χ4v) is 1.47. The summed E-state index contributed by atoms with van der Waals surface area (Å²) in [7, 11) is 3.95. The summed E-state index contributed by atoms with van der Waals surface area (Å²) in [5, 5.41) is 6.14. The summed E-state index contributed by atoms with van der Waals surface area (Å²) < 4.78 is 0. The summed E-state index contributed by atoms with van der Waals surface area (Å²) in [6.07, 6.45) is 1.66. The van der Waals surface area contributed by atoms with Gasteiger partial charge in [0.1, 0.15) is 5.69 Å². The minimum Gasteiger partial charge on any atom is -0.385 e. The predicted molar refractivity (Wildman–Crippen MR) is 78.5 cm³/mol. The third-order valence-corrected chi connectivity index (χ3v) is 2.55. The lowest BCUT2D eigenvalue weighted by Gasteiger charge is -2.11. The van der Waals surface area contributed by atoms with Crippen LogP contribution in [0.1, 0.15) is 24.3 Å². The monoisotopic (exact) mass is 264 g/mol. The van der Waals surface area contributed by atoms with Gasteiger partial charge in [0.2, 0.25) is 0 Å². The van der Waals surface area contributed by atoms with Gasteiger partial charge in [-0.25, -0.2) is 0 Å². The molecule has 2 N–H and O–H groups in total. The first-order chi connectivity index (χ1) is 8.99. The van der Waals surface area contributed by atoms with E-state index >= 15 is 0 Å². The number of amides is 1. The number of carbonyl (C=O) groups excluding carboxylic acids is 1. The van der Waals surface area contributed by atoms with Crippen molar-refractivity contribution in [1.82, 2.24) is 15.2 Å². The van der Waals surface area contributed by atoms with E-state index in [-0.39, 0.29) is 5.91 Å². The number of aromatic nitrogens is 1. The van der Waals surface area contributed by atoms with Gasteiger partial charge in [-0.05, 0) is 32.1 Å². The molecule has 0 unspecified atom stereocenters. The molecule has 0 saturated carbocycles. The molecule has 19 heavy (non-hydrogen) atoms. The highest BCUT2D eigenvalue weighted by atomic mass is 16.1. The van der Waals surface area contributed by atoms with E-state index in [1.54, 1.807) is 12.3 Å². The van der Waals surface area contributed by atoms with Crippen LogP contribution in [0.4, 0.5) is 5.69 Å². The standard InChI is InChI=1S/C14H24N4O/c1-11(2)10-17-12-5-6-15-13(9-12)14(19)16-7-8-18(3)4/h5-6,9,11H,7-8,10H2,1-4H3,(H,15,17)(H,16,19). The molecule has 0 spiro atoms. The average Bonchev–Trinajstić information content (AvgIpc) is 2.36. The first kappa shape index (κ1) is 15.4. The third-order valence-electron chi connectivity index (χ3n) is 2.55. The minimum absolute atomic E-state index is 0.130. The summed E-state index contributed by atoms with van der Waals surface area (Å²) in [6, 6.07) is 3.66. The highest BCUT2D eigenvalue weighted by Gasteiger charge is 2.07. The Morgan fingerprint density at radius 1 is 1.42 bits per heavy atom. The molecule has 1 aromatic heterocycles. The second-order valence-electron chi connectivity index (χ2n) is 5.26. The van der Waals surface area contributed by atoms with Crippen molar-refractivity contribution in [3.05, 3.63) is 24.0 Å². The maximum absolute atomic E-state index is 11.9. The van der Waals surface area contributed by atoms with Gasteiger partial charge in [-0.1, -0.05) is 13.8 Å². The van der Waals surface area contributed by atoms with Crippen molar-refractivity contribution < 1.29 is 4.79 Å². The molecule has 0 aliphatic rings. The lowest BCUT2D eigenvalue weighted by Crippen LogP contribution is -2.31. The molecule has 1 heterocycles. The largest absolute Gasteiger partial charge is 0.385 e. The Morgan fingerprint density at radius 2 is 2.16 bits per heavy atom. The van der Waals surface area contributed by atoms with Crippen LogP contribution in [0.25, 0.3) is 0 Å². The second-order valence-corrected chi connectivity index (χ2v) is 5.26. The van der Waals surface area contributed by atoms with Crippen molar-refractivity contribution in [3.8, 4) is 0 Å². The number of hydrogen-bond acceptors (Lipinski definition) is 4. The highest BCUT2D eigenvalue weighted by molar-refractivity contribution is 5.93. The van der Waals surface area contributed by atoms with Gasteiger partial charge in [0, 0.05) is 31.5 Å². The third kappa shape index (κ3) is 6.20. The maximum Gasteiger partial charge on any atom is 0.269 e. The first-order valence-electron chi connectivity index (χ1n) is 6.62. The number of hydrogen-bond donors (Lipinski definition) is 2. The van der Waals surface area contributed by atoms with Crippen molar-refractivity contribution >= 4 is 11.6 Å². The van der Waals surface area contributed by atoms with Crippen LogP contribution in [-0.2, 0) is 0 Å². The van der Waals surface area contributed by atoms with Crippen molar-refractivity contribution in [2.75, 3.05) is 39.0 Å². The second kappa shape index (κ2) is 7.74. The molecule has 0 aliphatic heterocycles. The van der Waals surface area contributed by atoms with Crippen molar-refractivity contribution in [2.45, 2.75) is 13.8 Å². The highest BCUT2D eigenvalue weighted by Crippen LogP contribution is 2.08. The fraction of sp³-hybridized carbons (Fsp3) is 0.571. The molecule has 0 atom stereocenters. The Labute approximate surface area is 115 Å². The molecule has 5 nitrogen and oxygen atoms in total. The molecule has 1 aromatic rings. The number of anilines is 1. The lowest BCUT2D eigenvalue weighted by molar-refractivity contribution is 0.0946. The van der Waals surface area contributed by atoms with Crippen LogP contribution in [0.5, 0.6) is 0 Å². The minimum atomic E-state index is -0.130. The molecule has 1 rings (SSSR count). The number of likely N-dealkylation sites (N-methyl/N-ethyl adjacent to an activating group) is 1. The smallest absolute Gasteiger partial charge is 0.269 e. The normalized spacial score (nSPS) is 10.8. The predicted octanol–water partition coefficient (Wildman–Crippen LogP) is 1.44. The first-order valence-corrected chi connectivity index (χ1v) is 6.62. The Bertz CT molecular complexity index is 404. The van der Waals surface area contributed by atoms with Gasteiger partial charge in [-0.15, -0.1) is 0 Å². The number of pyridine rings is 1. The molecule has 1 amide bonds. The van der Waals surface area contributed by atoms with Gasteiger partial charge in [-0.2, -0.15) is 0 Å². The summed E-state index contributed by atoms with van der Waals surface area (Å²) in [5.74, 6) is 0.431. The SMILES string of the molecule is CC(C)CNc1ccnc(C(=O)NCCN(C)C)c1. The van der Waals surface area contributed by atoms with Crippen LogP contribution < -0.4 is 10.6 Å². The van der Waals surface area contributed by atoms with Crippen molar-refractivity contribution in [1.29, 1.82) is 0 Å². The molecule has 0 fully saturated rings. The van der Waals surface area contributed by atoms with E-state index in [1.165, 1.54) is 0 Å². The molecule has 0 aromatic carbocycles. The average molecular weight is 264 g/mol. The summed E-state index contributed by atoms with van der Waals surface area (Å²) in [6.45, 7) is 6.60. The summed E-state index contributed by atoms with van der Waals surface area (Å²) >= 11 is 0. The zero-order valence-corrected chi connectivity index (χ0v) is 12.2. The van der Waals surface area contributed by atoms with Crippen LogP contribution >= 0.6 is 0 Å². The topological polar surface area (TPSA) is 57.3 Å². The molecule has 0 saturated heterocycles. The molecule has 0 bridgehead atoms. The van der Waals surface area contributed by atoms with Gasteiger partial charge >= 0.3 is 0 Å². The maximum atomic E-state index is 11.9. The molecule has 5 heteroatoms. The fourth-order valence-electron chi connectivity index (χ4n) is 1.47. The molecule has 0 aliphatic carbocycles. The van der Waals surface area contributed by atoms with Crippen LogP contribution in [0, 0.1) is 5.92 Å². The van der Waals surface area contributed by atoms with E-state index in [0.717, 1.165) is 18.8 Å². The lowest BCUT2D eigenvalue weighted by atomic mass is 10.2. The van der Waals surface area contributed by atoms with E-state index < -0.39 is 0 Å². The van der Waals surface area contributed by atoms with Crippen LogP contribution in [0.2, 0.25) is 0 Å².